The van der Waals surface area contributed by atoms with E-state index >= 15 is 0 Å². The molecule has 2 aromatic rings. The predicted molar refractivity (Wildman–Crippen MR) is 110 cm³/mol. The number of aliphatic hydroxyl groups is 2. The number of imidazole rings is 1. The average Bonchev–Trinajstić information content (AvgIpc) is 3.13. The van der Waals surface area contributed by atoms with Crippen LogP contribution >= 0.6 is 6.89 Å². The summed E-state index contributed by atoms with van der Waals surface area (Å²) in [5.74, 6) is 0.967. The number of hydrogen-bond acceptors (Lipinski definition) is 7. The van der Waals surface area contributed by atoms with Gasteiger partial charge in [-0.1, -0.05) is 13.3 Å². The highest BCUT2D eigenvalue weighted by Crippen LogP contribution is 2.40. The van der Waals surface area contributed by atoms with Gasteiger partial charge < -0.3 is 20.7 Å². The lowest BCUT2D eigenvalue weighted by Crippen LogP contribution is -2.31. The summed E-state index contributed by atoms with van der Waals surface area (Å²) in [6.45, 7) is 5.15. The number of nitrogens with zero attached hydrogens (tertiary/aromatic N) is 4. The Kier molecular flexibility index (Phi) is 5.91. The van der Waals surface area contributed by atoms with Crippen molar-refractivity contribution in [3.05, 3.63) is 12.2 Å². The van der Waals surface area contributed by atoms with Crippen molar-refractivity contribution in [3.8, 4) is 0 Å². The maximum atomic E-state index is 10.6. The smallest absolute Gasteiger partial charge is 0.167 e. The third-order valence-corrected chi connectivity index (χ3v) is 6.35. The van der Waals surface area contributed by atoms with Gasteiger partial charge in [-0.25, -0.2) is 15.0 Å². The number of nitrogens with two attached hydrogens (primary N) is 1. The van der Waals surface area contributed by atoms with Gasteiger partial charge in [0.25, 0.3) is 0 Å². The molecule has 3 rings (SSSR count). The van der Waals surface area contributed by atoms with Gasteiger partial charge >= 0.3 is 0 Å². The Bertz CT molecular complexity index is 849. The number of rotatable bonds is 7. The molecule has 0 aliphatic carbocycles. The van der Waals surface area contributed by atoms with Crippen molar-refractivity contribution in [2.75, 3.05) is 25.2 Å². The minimum Gasteiger partial charge on any atom is -0.388 e. The molecular formula is C18H30N5O3P. The molecule has 1 fully saturated rings. The number of aliphatic hydroxyl groups excluding tert-OH is 2. The van der Waals surface area contributed by atoms with Crippen LogP contribution in [0.2, 0.25) is 0 Å². The Balaban J connectivity index is 1.88. The first-order valence-electron chi connectivity index (χ1n) is 9.39. The minimum absolute atomic E-state index is 0.318. The normalized spacial score (nSPS) is 26.1. The molecule has 4 atom stereocenters. The molecule has 1 unspecified atom stereocenters. The predicted octanol–water partition coefficient (Wildman–Crippen LogP) is 1.47. The standard InChI is InChI=1S/C18H30N5O3P/c1-5-6-7-12-21-16(19)13-17(22-12)23(10-20-13)18-15(25)14(24)11(26-18)8-9-27(2,3)4/h10-11,14-15,18,24-25H,2,5-9H2,1,3-4H3,(H2,19,21,22)/t11-,14-,15-,18?/m1/s1. The second-order valence-electron chi connectivity index (χ2n) is 7.95. The highest BCUT2D eigenvalue weighted by Gasteiger charge is 2.44. The van der Waals surface area contributed by atoms with Gasteiger partial charge in [-0.05, 0) is 32.3 Å². The highest BCUT2D eigenvalue weighted by atomic mass is 31.2. The van der Waals surface area contributed by atoms with Crippen LogP contribution < -0.4 is 5.73 Å². The molecule has 4 N–H and O–H groups in total. The number of ether oxygens (including phenoxy) is 1. The van der Waals surface area contributed by atoms with Gasteiger partial charge in [-0.3, -0.25) is 4.57 Å². The minimum atomic E-state index is -1.24. The number of nitrogen functional groups attached to an aromatic ring is 1. The topological polar surface area (TPSA) is 119 Å². The summed E-state index contributed by atoms with van der Waals surface area (Å²) in [6.07, 6.45) is 6.78. The van der Waals surface area contributed by atoms with Crippen molar-refractivity contribution in [2.45, 2.75) is 57.1 Å². The fourth-order valence-electron chi connectivity index (χ4n) is 3.29. The van der Waals surface area contributed by atoms with E-state index in [4.69, 9.17) is 10.5 Å². The van der Waals surface area contributed by atoms with Crippen LogP contribution in [0.1, 0.15) is 38.2 Å². The zero-order valence-electron chi connectivity index (χ0n) is 16.2. The zero-order chi connectivity index (χ0) is 19.8. The summed E-state index contributed by atoms with van der Waals surface area (Å²) >= 11 is 0. The van der Waals surface area contributed by atoms with E-state index in [0.717, 1.165) is 25.4 Å². The van der Waals surface area contributed by atoms with Crippen LogP contribution in [0.25, 0.3) is 11.2 Å². The van der Waals surface area contributed by atoms with E-state index in [2.05, 4.69) is 41.5 Å². The Morgan fingerprint density at radius 2 is 2.04 bits per heavy atom. The molecule has 27 heavy (non-hydrogen) atoms. The van der Waals surface area contributed by atoms with Crippen molar-refractivity contribution in [3.63, 3.8) is 0 Å². The molecule has 2 aromatic heterocycles. The molecule has 0 bridgehead atoms. The number of fused-ring (bicyclic) bond motifs is 1. The van der Waals surface area contributed by atoms with Gasteiger partial charge in [0.1, 0.15) is 23.5 Å². The van der Waals surface area contributed by atoms with Crippen LogP contribution in [0, 0.1) is 0 Å². The quantitative estimate of drug-likeness (QED) is 0.607. The lowest BCUT2D eigenvalue weighted by molar-refractivity contribution is -0.0353. The maximum absolute atomic E-state index is 10.6. The average molecular weight is 395 g/mol. The summed E-state index contributed by atoms with van der Waals surface area (Å²) in [5.41, 5.74) is 7.05. The fourth-order valence-corrected chi connectivity index (χ4v) is 4.25. The summed E-state index contributed by atoms with van der Waals surface area (Å²) in [5, 5.41) is 21.0. The van der Waals surface area contributed by atoms with Crippen molar-refractivity contribution in [1.29, 1.82) is 0 Å². The summed E-state index contributed by atoms with van der Waals surface area (Å²) in [7, 11) is 0. The molecule has 3 heterocycles. The fraction of sp³-hybridized carbons (Fsp3) is 0.667. The monoisotopic (exact) mass is 395 g/mol. The van der Waals surface area contributed by atoms with Gasteiger partial charge in [0.15, 0.2) is 17.7 Å². The van der Waals surface area contributed by atoms with Crippen LogP contribution in [0.3, 0.4) is 0 Å². The van der Waals surface area contributed by atoms with E-state index in [1.54, 1.807) is 10.9 Å². The largest absolute Gasteiger partial charge is 0.388 e. The second-order valence-corrected chi connectivity index (χ2v) is 12.3. The zero-order valence-corrected chi connectivity index (χ0v) is 17.1. The number of hydrogen-bond donors (Lipinski definition) is 3. The highest BCUT2D eigenvalue weighted by molar-refractivity contribution is 7.72. The number of aromatic nitrogens is 4. The van der Waals surface area contributed by atoms with Crippen LogP contribution in [0.4, 0.5) is 5.82 Å². The first-order valence-corrected chi connectivity index (χ1v) is 12.4. The van der Waals surface area contributed by atoms with Gasteiger partial charge in [0, 0.05) is 6.42 Å². The Labute approximate surface area is 159 Å². The molecule has 0 spiro atoms. The summed E-state index contributed by atoms with van der Waals surface area (Å²) < 4.78 is 7.66. The van der Waals surface area contributed by atoms with Crippen molar-refractivity contribution < 1.29 is 14.9 Å². The van der Waals surface area contributed by atoms with E-state index in [1.165, 1.54) is 0 Å². The van der Waals surface area contributed by atoms with Crippen LogP contribution in [0.5, 0.6) is 0 Å². The SMILES string of the molecule is C=P(C)(C)CC[C@H]1OC(n2cnc3c(N)nc(CCCC)nc32)[C@H](O)[C@@H]1O. The van der Waals surface area contributed by atoms with E-state index < -0.39 is 31.4 Å². The molecule has 8 nitrogen and oxygen atoms in total. The third kappa shape index (κ3) is 4.35. The van der Waals surface area contributed by atoms with E-state index in [1.807, 2.05) is 0 Å². The molecule has 1 aliphatic heterocycles. The van der Waals surface area contributed by atoms with Crippen molar-refractivity contribution in [2.24, 2.45) is 0 Å². The number of aryl methyl sites for hydroxylation is 1. The van der Waals surface area contributed by atoms with Crippen LogP contribution in [-0.2, 0) is 11.2 Å². The Hall–Kier alpha value is -1.47. The molecule has 9 heteroatoms. The number of unbranched alkanes of at least 4 members (excludes halogenated alkanes) is 1. The molecule has 0 aromatic carbocycles. The Morgan fingerprint density at radius 1 is 1.30 bits per heavy atom. The summed E-state index contributed by atoms with van der Waals surface area (Å²) in [6, 6.07) is 0. The van der Waals surface area contributed by atoms with Crippen molar-refractivity contribution >= 4 is 30.2 Å². The Morgan fingerprint density at radius 3 is 2.70 bits per heavy atom. The molecular weight excluding hydrogens is 365 g/mol. The van der Waals surface area contributed by atoms with Gasteiger partial charge in [-0.2, -0.15) is 0 Å². The van der Waals surface area contributed by atoms with E-state index in [-0.39, 0.29) is 0 Å². The molecule has 0 saturated carbocycles. The van der Waals surface area contributed by atoms with Crippen LogP contribution in [-0.4, -0.2) is 73.8 Å². The number of anilines is 1. The second kappa shape index (κ2) is 7.87. The molecule has 0 amide bonds. The maximum Gasteiger partial charge on any atom is 0.167 e. The molecule has 0 radical (unpaired) electrons. The first kappa shape index (κ1) is 20.3. The molecule has 150 valence electrons. The third-order valence-electron chi connectivity index (χ3n) is 4.88. The molecule has 1 aliphatic rings. The van der Waals surface area contributed by atoms with E-state index in [0.29, 0.717) is 29.2 Å². The van der Waals surface area contributed by atoms with Gasteiger partial charge in [-0.15, -0.1) is 13.2 Å². The van der Waals surface area contributed by atoms with E-state index in [9.17, 15) is 10.2 Å². The van der Waals surface area contributed by atoms with Gasteiger partial charge in [0.05, 0.1) is 12.4 Å². The van der Waals surface area contributed by atoms with Crippen molar-refractivity contribution in [1.82, 2.24) is 19.5 Å². The van der Waals surface area contributed by atoms with Crippen LogP contribution in [0.15, 0.2) is 6.33 Å². The lowest BCUT2D eigenvalue weighted by Gasteiger charge is -2.18. The summed E-state index contributed by atoms with van der Waals surface area (Å²) in [4.78, 5) is 13.2. The molecule has 1 saturated heterocycles. The first-order chi connectivity index (χ1) is 12.7. The lowest BCUT2D eigenvalue weighted by atomic mass is 10.1. The van der Waals surface area contributed by atoms with Gasteiger partial charge in [0.2, 0.25) is 0 Å².